The van der Waals surface area contributed by atoms with Crippen molar-refractivity contribution in [3.05, 3.63) is 45.7 Å². The molecule has 0 spiro atoms. The highest BCUT2D eigenvalue weighted by Gasteiger charge is 2.08. The Balaban J connectivity index is 2.07. The molecule has 0 bridgehead atoms. The summed E-state index contributed by atoms with van der Waals surface area (Å²) < 4.78 is 4.58. The molecule has 6 heteroatoms. The second kappa shape index (κ2) is 4.06. The van der Waals surface area contributed by atoms with Crippen LogP contribution in [0.25, 0.3) is 10.1 Å². The van der Waals surface area contributed by atoms with Crippen molar-refractivity contribution in [3.8, 4) is 0 Å². The van der Waals surface area contributed by atoms with Gasteiger partial charge in [0.25, 0.3) is 5.56 Å². The average molecular weight is 260 g/mol. The van der Waals surface area contributed by atoms with Crippen molar-refractivity contribution in [2.24, 2.45) is 7.05 Å². The van der Waals surface area contributed by atoms with Gasteiger partial charge >= 0.3 is 0 Å². The van der Waals surface area contributed by atoms with Crippen LogP contribution >= 0.6 is 11.3 Å². The van der Waals surface area contributed by atoms with Crippen LogP contribution < -0.4 is 5.56 Å². The van der Waals surface area contributed by atoms with Gasteiger partial charge < -0.3 is 9.13 Å². The molecular weight excluding hydrogens is 248 g/mol. The van der Waals surface area contributed by atoms with E-state index in [4.69, 9.17) is 0 Å². The lowest BCUT2D eigenvalue weighted by molar-refractivity contribution is 0.676. The first-order valence-corrected chi connectivity index (χ1v) is 6.46. The summed E-state index contributed by atoms with van der Waals surface area (Å²) in [5.41, 5.74) is 0.0226. The van der Waals surface area contributed by atoms with E-state index in [1.165, 1.54) is 0 Å². The smallest absolute Gasteiger partial charge is 0.259 e. The largest absolute Gasteiger partial charge is 0.317 e. The molecule has 0 saturated carbocycles. The fraction of sp³-hybridized carbons (Fsp3) is 0.250. The van der Waals surface area contributed by atoms with Crippen LogP contribution in [0, 0.1) is 6.92 Å². The van der Waals surface area contributed by atoms with Gasteiger partial charge in [-0.05, 0) is 24.4 Å². The van der Waals surface area contributed by atoms with Crippen molar-refractivity contribution in [1.82, 2.24) is 19.3 Å². The highest BCUT2D eigenvalue weighted by molar-refractivity contribution is 7.17. The van der Waals surface area contributed by atoms with E-state index in [2.05, 4.69) is 10.2 Å². The van der Waals surface area contributed by atoms with E-state index in [0.717, 1.165) is 21.7 Å². The summed E-state index contributed by atoms with van der Waals surface area (Å²) >= 11 is 1.58. The standard InChI is InChI=1S/C12H12N4OS/c1-8-13-14-11(15(8)2)7-16-5-3-10-9(12(16)17)4-6-18-10/h3-6H,7H2,1-2H3. The van der Waals surface area contributed by atoms with Crippen LogP contribution in [0.3, 0.4) is 0 Å². The fourth-order valence-corrected chi connectivity index (χ4v) is 2.64. The van der Waals surface area contributed by atoms with Gasteiger partial charge in [-0.15, -0.1) is 21.5 Å². The van der Waals surface area contributed by atoms with Gasteiger partial charge in [-0.2, -0.15) is 0 Å². The van der Waals surface area contributed by atoms with Gasteiger partial charge in [0.2, 0.25) is 0 Å². The first kappa shape index (κ1) is 11.2. The van der Waals surface area contributed by atoms with Crippen molar-refractivity contribution in [1.29, 1.82) is 0 Å². The molecule has 18 heavy (non-hydrogen) atoms. The molecule has 0 atom stereocenters. The first-order chi connectivity index (χ1) is 8.66. The molecule has 0 aliphatic heterocycles. The highest BCUT2D eigenvalue weighted by Crippen LogP contribution is 2.16. The molecule has 92 valence electrons. The monoisotopic (exact) mass is 260 g/mol. The van der Waals surface area contributed by atoms with Crippen LogP contribution in [0.15, 0.2) is 28.5 Å². The molecule has 5 nitrogen and oxygen atoms in total. The van der Waals surface area contributed by atoms with Gasteiger partial charge in [-0.1, -0.05) is 0 Å². The number of hydrogen-bond donors (Lipinski definition) is 0. The highest BCUT2D eigenvalue weighted by atomic mass is 32.1. The van der Waals surface area contributed by atoms with Crippen molar-refractivity contribution >= 4 is 21.4 Å². The molecule has 3 heterocycles. The van der Waals surface area contributed by atoms with Gasteiger partial charge in [0.15, 0.2) is 5.82 Å². The zero-order chi connectivity index (χ0) is 12.7. The molecule has 0 amide bonds. The minimum absolute atomic E-state index is 0.0226. The molecule has 0 unspecified atom stereocenters. The van der Waals surface area contributed by atoms with Crippen molar-refractivity contribution in [2.75, 3.05) is 0 Å². The first-order valence-electron chi connectivity index (χ1n) is 5.58. The maximum atomic E-state index is 12.2. The van der Waals surface area contributed by atoms with Crippen LogP contribution in [0.4, 0.5) is 0 Å². The Morgan fingerprint density at radius 1 is 1.33 bits per heavy atom. The number of hydrogen-bond acceptors (Lipinski definition) is 4. The lowest BCUT2D eigenvalue weighted by Gasteiger charge is -2.05. The fourth-order valence-electron chi connectivity index (χ4n) is 1.87. The Morgan fingerprint density at radius 3 is 2.89 bits per heavy atom. The van der Waals surface area contributed by atoms with Crippen molar-refractivity contribution < 1.29 is 0 Å². The second-order valence-electron chi connectivity index (χ2n) is 4.17. The quantitative estimate of drug-likeness (QED) is 0.702. The zero-order valence-corrected chi connectivity index (χ0v) is 10.9. The third kappa shape index (κ3) is 1.65. The number of aryl methyl sites for hydroxylation is 1. The third-order valence-electron chi connectivity index (χ3n) is 3.09. The Kier molecular flexibility index (Phi) is 2.52. The summed E-state index contributed by atoms with van der Waals surface area (Å²) in [5, 5.41) is 10.8. The molecular formula is C12H12N4OS. The van der Waals surface area contributed by atoms with Crippen LogP contribution in [0.5, 0.6) is 0 Å². The van der Waals surface area contributed by atoms with E-state index < -0.39 is 0 Å². The summed E-state index contributed by atoms with van der Waals surface area (Å²) in [6.07, 6.45) is 1.81. The lowest BCUT2D eigenvalue weighted by atomic mass is 10.3. The molecule has 0 fully saturated rings. The molecule has 0 aliphatic carbocycles. The zero-order valence-electron chi connectivity index (χ0n) is 10.1. The van der Waals surface area contributed by atoms with Crippen molar-refractivity contribution in [3.63, 3.8) is 0 Å². The summed E-state index contributed by atoms with van der Waals surface area (Å²) in [7, 11) is 1.90. The SMILES string of the molecule is Cc1nnc(Cn2ccc3sccc3c2=O)n1C. The number of aromatic nitrogens is 4. The van der Waals surface area contributed by atoms with E-state index in [1.807, 2.05) is 42.2 Å². The van der Waals surface area contributed by atoms with Gasteiger partial charge in [-0.3, -0.25) is 4.79 Å². The Labute approximate surface area is 107 Å². The summed E-state index contributed by atoms with van der Waals surface area (Å²) in [6.45, 7) is 2.34. The molecule has 0 radical (unpaired) electrons. The molecule has 3 rings (SSSR count). The van der Waals surface area contributed by atoms with Crippen LogP contribution in [-0.4, -0.2) is 19.3 Å². The van der Waals surface area contributed by atoms with E-state index in [1.54, 1.807) is 15.9 Å². The summed E-state index contributed by atoms with van der Waals surface area (Å²) in [4.78, 5) is 12.2. The normalized spacial score (nSPS) is 11.2. The molecule has 0 N–H and O–H groups in total. The third-order valence-corrected chi connectivity index (χ3v) is 3.97. The van der Waals surface area contributed by atoms with E-state index in [-0.39, 0.29) is 5.56 Å². The molecule has 0 saturated heterocycles. The predicted octanol–water partition coefficient (Wildman–Crippen LogP) is 1.55. The number of nitrogens with zero attached hydrogens (tertiary/aromatic N) is 4. The Hall–Kier alpha value is -1.95. The summed E-state index contributed by atoms with van der Waals surface area (Å²) in [6, 6.07) is 3.82. The average Bonchev–Trinajstić information content (AvgIpc) is 2.95. The molecule has 3 aromatic rings. The molecule has 3 aromatic heterocycles. The van der Waals surface area contributed by atoms with Crippen LogP contribution in [0.1, 0.15) is 11.6 Å². The van der Waals surface area contributed by atoms with Crippen LogP contribution in [-0.2, 0) is 13.6 Å². The number of pyridine rings is 1. The predicted molar refractivity (Wildman–Crippen MR) is 70.9 cm³/mol. The second-order valence-corrected chi connectivity index (χ2v) is 5.12. The summed E-state index contributed by atoms with van der Waals surface area (Å²) in [5.74, 6) is 1.62. The number of rotatable bonds is 2. The molecule has 0 aliphatic rings. The topological polar surface area (TPSA) is 52.7 Å². The number of thiophene rings is 1. The Morgan fingerprint density at radius 2 is 2.17 bits per heavy atom. The van der Waals surface area contributed by atoms with Gasteiger partial charge in [0.1, 0.15) is 5.82 Å². The van der Waals surface area contributed by atoms with Crippen molar-refractivity contribution in [2.45, 2.75) is 13.5 Å². The van der Waals surface area contributed by atoms with Gasteiger partial charge in [0, 0.05) is 17.9 Å². The minimum atomic E-state index is 0.0226. The maximum absolute atomic E-state index is 12.2. The lowest BCUT2D eigenvalue weighted by Crippen LogP contribution is -2.21. The van der Waals surface area contributed by atoms with E-state index in [0.29, 0.717) is 6.54 Å². The van der Waals surface area contributed by atoms with Gasteiger partial charge in [0.05, 0.1) is 11.9 Å². The molecule has 0 aromatic carbocycles. The Bertz CT molecular complexity index is 768. The van der Waals surface area contributed by atoms with Gasteiger partial charge in [-0.25, -0.2) is 0 Å². The van der Waals surface area contributed by atoms with Crippen LogP contribution in [0.2, 0.25) is 0 Å². The minimum Gasteiger partial charge on any atom is -0.317 e. The maximum Gasteiger partial charge on any atom is 0.259 e. The number of fused-ring (bicyclic) bond motifs is 1. The van der Waals surface area contributed by atoms with E-state index >= 15 is 0 Å². The van der Waals surface area contributed by atoms with E-state index in [9.17, 15) is 4.79 Å².